The number of carbonyl (C=O) groups excluding carboxylic acids is 1. The summed E-state index contributed by atoms with van der Waals surface area (Å²) in [5.41, 5.74) is 2.59. The summed E-state index contributed by atoms with van der Waals surface area (Å²) in [6.07, 6.45) is 0.773. The number of carbonyl (C=O) groups is 1. The molecule has 3 heteroatoms. The fourth-order valence-corrected chi connectivity index (χ4v) is 4.02. The van der Waals surface area contributed by atoms with E-state index in [1.165, 1.54) is 6.08 Å². The fraction of sp³-hybridized carbons (Fsp3) is 0.0800. The molecule has 0 fully saturated rings. The predicted octanol–water partition coefficient (Wildman–Crippen LogP) is 6.68. The normalized spacial score (nSPS) is 12.6. The van der Waals surface area contributed by atoms with Gasteiger partial charge in [-0.15, -0.1) is 0 Å². The molecule has 5 rings (SSSR count). The van der Waals surface area contributed by atoms with E-state index in [-0.39, 0.29) is 0 Å². The van der Waals surface area contributed by atoms with Crippen molar-refractivity contribution in [1.29, 1.82) is 0 Å². The van der Waals surface area contributed by atoms with Gasteiger partial charge in [-0.25, -0.2) is 4.79 Å². The largest absolute Gasteiger partial charge is 0.455 e. The van der Waals surface area contributed by atoms with E-state index >= 15 is 0 Å². The Balaban J connectivity index is 1.88. The number of esters is 1. The quantitative estimate of drug-likeness (QED) is 0.264. The Bertz CT molecular complexity index is 1390. The fourth-order valence-electron chi connectivity index (χ4n) is 4.02. The van der Waals surface area contributed by atoms with Crippen LogP contribution in [0.25, 0.3) is 43.5 Å². The van der Waals surface area contributed by atoms with Crippen molar-refractivity contribution in [2.45, 2.75) is 13.0 Å². The van der Waals surface area contributed by atoms with Gasteiger partial charge in [-0.3, -0.25) is 0 Å². The second kappa shape index (κ2) is 6.24. The molecule has 28 heavy (non-hydrogen) atoms. The molecule has 0 aliphatic carbocycles. The summed E-state index contributed by atoms with van der Waals surface area (Å²) >= 11 is 0. The van der Waals surface area contributed by atoms with Crippen molar-refractivity contribution in [3.8, 4) is 0 Å². The Labute approximate surface area is 161 Å². The first-order valence-corrected chi connectivity index (χ1v) is 9.26. The van der Waals surface area contributed by atoms with Gasteiger partial charge in [0.2, 0.25) is 0 Å². The van der Waals surface area contributed by atoms with Crippen molar-refractivity contribution in [3.05, 3.63) is 84.9 Å². The molecule has 1 heterocycles. The summed E-state index contributed by atoms with van der Waals surface area (Å²) in [6, 6.07) is 22.6. The van der Waals surface area contributed by atoms with Gasteiger partial charge < -0.3 is 9.15 Å². The number of hydrogen-bond acceptors (Lipinski definition) is 3. The van der Waals surface area contributed by atoms with Crippen molar-refractivity contribution in [1.82, 2.24) is 0 Å². The smallest absolute Gasteiger partial charge is 0.330 e. The molecule has 0 N–H and O–H groups in total. The van der Waals surface area contributed by atoms with Crippen LogP contribution in [-0.4, -0.2) is 5.97 Å². The minimum atomic E-state index is -0.438. The van der Waals surface area contributed by atoms with E-state index in [2.05, 4.69) is 43.0 Å². The number of rotatable bonds is 3. The predicted molar refractivity (Wildman–Crippen MR) is 113 cm³/mol. The summed E-state index contributed by atoms with van der Waals surface area (Å²) in [5, 5.41) is 6.55. The first kappa shape index (κ1) is 16.6. The van der Waals surface area contributed by atoms with E-state index in [0.29, 0.717) is 0 Å². The molecule has 0 saturated heterocycles. The molecule has 0 aliphatic rings. The summed E-state index contributed by atoms with van der Waals surface area (Å²) in [4.78, 5) is 11.7. The van der Waals surface area contributed by atoms with E-state index in [1.54, 1.807) is 0 Å². The molecule has 1 unspecified atom stereocenters. The topological polar surface area (TPSA) is 39.4 Å². The number of furan rings is 1. The Kier molecular flexibility index (Phi) is 3.69. The van der Waals surface area contributed by atoms with Crippen LogP contribution in [0.2, 0.25) is 0 Å². The van der Waals surface area contributed by atoms with Crippen LogP contribution in [-0.2, 0) is 9.53 Å². The Morgan fingerprint density at radius 2 is 1.68 bits per heavy atom. The van der Waals surface area contributed by atoms with Crippen LogP contribution in [0, 0.1) is 0 Å². The molecule has 0 radical (unpaired) electrons. The highest BCUT2D eigenvalue weighted by atomic mass is 16.5. The van der Waals surface area contributed by atoms with Crippen LogP contribution >= 0.6 is 0 Å². The molecule has 1 aromatic heterocycles. The highest BCUT2D eigenvalue weighted by Crippen LogP contribution is 2.40. The first-order valence-electron chi connectivity index (χ1n) is 9.26. The Morgan fingerprint density at radius 3 is 2.46 bits per heavy atom. The second-order valence-electron chi connectivity index (χ2n) is 6.93. The Hall–Kier alpha value is -3.59. The standard InChI is InChI=1S/C25H18O3/c1-3-23(26)27-15(2)21-14-22-24(19-11-7-6-10-18(19)21)20-13-12-16-8-4-5-9-17(16)25(20)28-22/h3-15H,1H2,2H3. The highest BCUT2D eigenvalue weighted by molar-refractivity contribution is 6.23. The molecule has 0 bridgehead atoms. The van der Waals surface area contributed by atoms with Gasteiger partial charge in [-0.05, 0) is 35.2 Å². The van der Waals surface area contributed by atoms with Crippen molar-refractivity contribution < 1.29 is 13.9 Å². The molecule has 0 aliphatic heterocycles. The minimum Gasteiger partial charge on any atom is -0.455 e. The highest BCUT2D eigenvalue weighted by Gasteiger charge is 2.19. The lowest BCUT2D eigenvalue weighted by atomic mass is 9.96. The second-order valence-corrected chi connectivity index (χ2v) is 6.93. The Morgan fingerprint density at radius 1 is 0.964 bits per heavy atom. The van der Waals surface area contributed by atoms with Crippen LogP contribution in [0.5, 0.6) is 0 Å². The molecular weight excluding hydrogens is 348 g/mol. The van der Waals surface area contributed by atoms with Crippen LogP contribution in [0.15, 0.2) is 83.8 Å². The monoisotopic (exact) mass is 366 g/mol. The van der Waals surface area contributed by atoms with Crippen molar-refractivity contribution in [2.24, 2.45) is 0 Å². The third-order valence-corrected chi connectivity index (χ3v) is 5.30. The zero-order valence-corrected chi connectivity index (χ0v) is 15.4. The van der Waals surface area contributed by atoms with Crippen LogP contribution in [0.1, 0.15) is 18.6 Å². The zero-order chi connectivity index (χ0) is 19.3. The van der Waals surface area contributed by atoms with E-state index in [1.807, 2.05) is 37.3 Å². The molecule has 136 valence electrons. The van der Waals surface area contributed by atoms with Gasteiger partial charge in [0.25, 0.3) is 0 Å². The minimum absolute atomic E-state index is 0.412. The summed E-state index contributed by atoms with van der Waals surface area (Å²) in [6.45, 7) is 5.35. The molecule has 0 amide bonds. The molecule has 1 atom stereocenters. The lowest BCUT2D eigenvalue weighted by molar-refractivity contribution is -0.142. The van der Waals surface area contributed by atoms with E-state index in [0.717, 1.165) is 49.0 Å². The summed E-state index contributed by atoms with van der Waals surface area (Å²) in [7, 11) is 0. The molecule has 0 saturated carbocycles. The molecule has 5 aromatic rings. The van der Waals surface area contributed by atoms with Gasteiger partial charge in [-0.2, -0.15) is 0 Å². The van der Waals surface area contributed by atoms with Crippen LogP contribution in [0.4, 0.5) is 0 Å². The van der Waals surface area contributed by atoms with Gasteiger partial charge in [0.1, 0.15) is 17.3 Å². The molecule has 0 spiro atoms. The summed E-state index contributed by atoms with van der Waals surface area (Å²) < 4.78 is 11.8. The molecular formula is C25H18O3. The zero-order valence-electron chi connectivity index (χ0n) is 15.4. The lowest BCUT2D eigenvalue weighted by Gasteiger charge is -2.15. The molecule has 3 nitrogen and oxygen atoms in total. The van der Waals surface area contributed by atoms with Gasteiger partial charge >= 0.3 is 5.97 Å². The molecule has 4 aromatic carbocycles. The lowest BCUT2D eigenvalue weighted by Crippen LogP contribution is -2.06. The SMILES string of the molecule is C=CC(=O)OC(C)c1cc2oc3c4ccccc4ccc3c2c2ccccc12. The third kappa shape index (κ3) is 2.40. The van der Waals surface area contributed by atoms with Gasteiger partial charge in [0.05, 0.1) is 0 Å². The van der Waals surface area contributed by atoms with Gasteiger partial charge in [-0.1, -0.05) is 61.2 Å². The number of ether oxygens (including phenoxy) is 1. The van der Waals surface area contributed by atoms with Crippen LogP contribution < -0.4 is 0 Å². The van der Waals surface area contributed by atoms with E-state index < -0.39 is 12.1 Å². The average Bonchev–Trinajstić information content (AvgIpc) is 3.12. The van der Waals surface area contributed by atoms with Crippen molar-refractivity contribution >= 4 is 49.5 Å². The number of benzene rings is 4. The summed E-state index contributed by atoms with van der Waals surface area (Å²) in [5.74, 6) is -0.438. The average molecular weight is 366 g/mol. The van der Waals surface area contributed by atoms with Crippen molar-refractivity contribution in [2.75, 3.05) is 0 Å². The maximum Gasteiger partial charge on any atom is 0.330 e. The van der Waals surface area contributed by atoms with Gasteiger partial charge in [0, 0.05) is 27.8 Å². The first-order chi connectivity index (χ1) is 13.7. The van der Waals surface area contributed by atoms with Crippen molar-refractivity contribution in [3.63, 3.8) is 0 Å². The maximum atomic E-state index is 11.7. The van der Waals surface area contributed by atoms with E-state index in [9.17, 15) is 4.79 Å². The number of hydrogen-bond donors (Lipinski definition) is 0. The van der Waals surface area contributed by atoms with Gasteiger partial charge in [0.15, 0.2) is 0 Å². The van der Waals surface area contributed by atoms with Crippen LogP contribution in [0.3, 0.4) is 0 Å². The third-order valence-electron chi connectivity index (χ3n) is 5.30. The maximum absolute atomic E-state index is 11.7. The number of fused-ring (bicyclic) bond motifs is 7. The van der Waals surface area contributed by atoms with E-state index in [4.69, 9.17) is 9.15 Å².